The predicted octanol–water partition coefficient (Wildman–Crippen LogP) is 1.46. The second kappa shape index (κ2) is 7.71. The van der Waals surface area contributed by atoms with E-state index in [2.05, 4.69) is 3.63 Å². The van der Waals surface area contributed by atoms with Gasteiger partial charge in [-0.3, -0.25) is 0 Å². The number of benzene rings is 1. The Morgan fingerprint density at radius 2 is 1.48 bits per heavy atom. The Bertz CT molecular complexity index is 594. The third kappa shape index (κ3) is 5.53. The van der Waals surface area contributed by atoms with Gasteiger partial charge in [-0.1, -0.05) is 12.1 Å². The second-order valence-electron chi connectivity index (χ2n) is 4.60. The first kappa shape index (κ1) is 20.0. The summed E-state index contributed by atoms with van der Waals surface area (Å²) in [5.74, 6) is -0.973. The van der Waals surface area contributed by atoms with Gasteiger partial charge in [0, 0.05) is 17.3 Å². The van der Waals surface area contributed by atoms with Crippen LogP contribution in [-0.4, -0.2) is 54.0 Å². The van der Waals surface area contributed by atoms with E-state index < -0.39 is 39.1 Å². The Kier molecular flexibility index (Phi) is 6.71. The van der Waals surface area contributed by atoms with E-state index in [9.17, 15) is 26.7 Å². The molecule has 0 bridgehead atoms. The maximum Gasteiger partial charge on any atom is 0.523 e. The summed E-state index contributed by atoms with van der Waals surface area (Å²) < 4.78 is 64.9. The molecule has 11 heteroatoms. The molecule has 0 fully saturated rings. The largest absolute Gasteiger partial charge is 0.523 e. The van der Waals surface area contributed by atoms with Crippen molar-refractivity contribution in [2.75, 3.05) is 24.7 Å². The number of aliphatic hydroxyl groups excluding tert-OH is 2. The van der Waals surface area contributed by atoms with E-state index in [1.165, 1.54) is 24.3 Å². The van der Waals surface area contributed by atoms with Crippen LogP contribution in [0.4, 0.5) is 13.2 Å². The molecule has 1 aromatic rings. The van der Waals surface area contributed by atoms with Gasteiger partial charge in [-0.25, -0.2) is 3.63 Å². The minimum Gasteiger partial charge on any atom is -0.508 e. The molecule has 0 heterocycles. The van der Waals surface area contributed by atoms with Gasteiger partial charge in [0.1, 0.15) is 5.75 Å². The standard InChI is InChI=1S/C12H17F3O6S2/c13-12(14,15)23(19,20)21-22(7-5-16,8-6-17)9-10-1-3-11(18)4-2-10/h1-4,16-18H,5-9H2. The Hall–Kier alpha value is -1.01. The molecule has 1 aromatic carbocycles. The number of phenols is 1. The first-order chi connectivity index (χ1) is 10.6. The topological polar surface area (TPSA) is 104 Å². The summed E-state index contributed by atoms with van der Waals surface area (Å²) in [5, 5.41) is 27.4. The van der Waals surface area contributed by atoms with Crippen LogP contribution in [0.2, 0.25) is 0 Å². The number of phenolic OH excluding ortho intramolecular Hbond substituents is 1. The minimum atomic E-state index is -5.86. The highest BCUT2D eigenvalue weighted by molar-refractivity contribution is 8.32. The molecule has 0 saturated heterocycles. The molecule has 1 rings (SSSR count). The van der Waals surface area contributed by atoms with Gasteiger partial charge in [0.15, 0.2) is 0 Å². The van der Waals surface area contributed by atoms with Crippen molar-refractivity contribution >= 4 is 20.4 Å². The highest BCUT2D eigenvalue weighted by Gasteiger charge is 2.50. The van der Waals surface area contributed by atoms with Crippen molar-refractivity contribution < 1.29 is 40.5 Å². The molecule has 23 heavy (non-hydrogen) atoms. The number of hydrogen-bond donors (Lipinski definition) is 3. The molecule has 3 N–H and O–H groups in total. The van der Waals surface area contributed by atoms with Crippen molar-refractivity contribution in [3.8, 4) is 5.75 Å². The van der Waals surface area contributed by atoms with Crippen molar-refractivity contribution in [2.45, 2.75) is 11.3 Å². The molecule has 0 aromatic heterocycles. The fraction of sp³-hybridized carbons (Fsp3) is 0.500. The lowest BCUT2D eigenvalue weighted by molar-refractivity contribution is -0.0496. The fourth-order valence-electron chi connectivity index (χ4n) is 1.80. The smallest absolute Gasteiger partial charge is 0.508 e. The average molecular weight is 378 g/mol. The quantitative estimate of drug-likeness (QED) is 0.592. The van der Waals surface area contributed by atoms with Crippen molar-refractivity contribution in [1.82, 2.24) is 0 Å². The van der Waals surface area contributed by atoms with Crippen LogP contribution in [0, 0.1) is 0 Å². The van der Waals surface area contributed by atoms with Crippen LogP contribution in [0.15, 0.2) is 24.3 Å². The Balaban J connectivity index is 3.18. The summed E-state index contributed by atoms with van der Waals surface area (Å²) in [5.41, 5.74) is -5.18. The summed E-state index contributed by atoms with van der Waals surface area (Å²) in [4.78, 5) is 0. The van der Waals surface area contributed by atoms with E-state index in [1.807, 2.05) is 0 Å². The number of aromatic hydroxyl groups is 1. The molecule has 6 nitrogen and oxygen atoms in total. The van der Waals surface area contributed by atoms with Gasteiger partial charge in [-0.15, -0.1) is 10.3 Å². The molecule has 0 aliphatic rings. The molecule has 0 atom stereocenters. The Morgan fingerprint density at radius 3 is 1.87 bits per heavy atom. The first-order valence-corrected chi connectivity index (χ1v) is 9.81. The normalized spacial score (nSPS) is 14.0. The van der Waals surface area contributed by atoms with Gasteiger partial charge in [-0.05, 0) is 17.7 Å². The van der Waals surface area contributed by atoms with E-state index in [4.69, 9.17) is 10.2 Å². The maximum atomic E-state index is 12.6. The van der Waals surface area contributed by atoms with Crippen LogP contribution < -0.4 is 0 Å². The van der Waals surface area contributed by atoms with Gasteiger partial charge in [0.2, 0.25) is 0 Å². The minimum absolute atomic E-state index is 0.0671. The van der Waals surface area contributed by atoms with Gasteiger partial charge in [0.25, 0.3) is 0 Å². The predicted molar refractivity (Wildman–Crippen MR) is 79.4 cm³/mol. The zero-order valence-corrected chi connectivity index (χ0v) is 13.5. The third-order valence-corrected chi connectivity index (χ3v) is 7.96. The molecule has 0 amide bonds. The molecular weight excluding hydrogens is 361 g/mol. The third-order valence-electron chi connectivity index (χ3n) is 2.81. The number of halogens is 3. The molecule has 0 aliphatic carbocycles. The first-order valence-electron chi connectivity index (χ1n) is 6.33. The summed E-state index contributed by atoms with van der Waals surface area (Å²) in [6, 6.07) is 5.37. The van der Waals surface area contributed by atoms with E-state index in [0.29, 0.717) is 5.56 Å². The number of rotatable bonds is 8. The van der Waals surface area contributed by atoms with Gasteiger partial charge >= 0.3 is 15.6 Å². The zero-order chi connectivity index (χ0) is 17.7. The van der Waals surface area contributed by atoms with Crippen LogP contribution in [-0.2, 0) is 19.5 Å². The molecule has 0 radical (unpaired) electrons. The second-order valence-corrected chi connectivity index (χ2v) is 9.55. The summed E-state index contributed by atoms with van der Waals surface area (Å²) in [7, 11) is -8.86. The lowest BCUT2D eigenvalue weighted by Crippen LogP contribution is -2.30. The summed E-state index contributed by atoms with van der Waals surface area (Å²) in [6.45, 7) is -1.19. The lowest BCUT2D eigenvalue weighted by atomic mass is 10.2. The van der Waals surface area contributed by atoms with Crippen LogP contribution in [0.25, 0.3) is 0 Å². The van der Waals surface area contributed by atoms with Crippen molar-refractivity contribution in [3.63, 3.8) is 0 Å². The number of aliphatic hydroxyl groups is 2. The van der Waals surface area contributed by atoms with Crippen LogP contribution in [0.3, 0.4) is 0 Å². The fourth-order valence-corrected chi connectivity index (χ4v) is 6.32. The number of hydrogen-bond acceptors (Lipinski definition) is 6. The molecule has 0 unspecified atom stereocenters. The molecule has 134 valence electrons. The lowest BCUT2D eigenvalue weighted by Gasteiger charge is -2.37. The highest BCUT2D eigenvalue weighted by Crippen LogP contribution is 2.54. The van der Waals surface area contributed by atoms with E-state index in [1.54, 1.807) is 0 Å². The van der Waals surface area contributed by atoms with Gasteiger partial charge in [-0.2, -0.15) is 21.6 Å². The molecule has 0 aliphatic heterocycles. The summed E-state index contributed by atoms with van der Waals surface area (Å²) >= 11 is 0. The molecule has 0 saturated carbocycles. The zero-order valence-electron chi connectivity index (χ0n) is 11.9. The van der Waals surface area contributed by atoms with Gasteiger partial charge in [0.05, 0.1) is 13.2 Å². The molecule has 0 spiro atoms. The van der Waals surface area contributed by atoms with Crippen LogP contribution in [0.5, 0.6) is 5.75 Å². The van der Waals surface area contributed by atoms with E-state index >= 15 is 0 Å². The monoisotopic (exact) mass is 378 g/mol. The van der Waals surface area contributed by atoms with Gasteiger partial charge < -0.3 is 15.3 Å². The molecular formula is C12H17F3O6S2. The highest BCUT2D eigenvalue weighted by atomic mass is 32.3. The SMILES string of the molecule is O=S(=O)(OS(CCO)(CCO)Cc1ccc(O)cc1)C(F)(F)F. The van der Waals surface area contributed by atoms with Crippen molar-refractivity contribution in [2.24, 2.45) is 0 Å². The average Bonchev–Trinajstić information content (AvgIpc) is 2.40. The van der Waals surface area contributed by atoms with Crippen LogP contribution >= 0.6 is 10.3 Å². The maximum absolute atomic E-state index is 12.6. The Labute approximate surface area is 133 Å². The van der Waals surface area contributed by atoms with Crippen molar-refractivity contribution in [3.05, 3.63) is 29.8 Å². The Morgan fingerprint density at radius 1 is 1.00 bits per heavy atom. The van der Waals surface area contributed by atoms with Crippen molar-refractivity contribution in [1.29, 1.82) is 0 Å². The summed E-state index contributed by atoms with van der Waals surface area (Å²) in [6.07, 6.45) is 0. The van der Waals surface area contributed by atoms with E-state index in [0.717, 1.165) is 0 Å². The van der Waals surface area contributed by atoms with E-state index in [-0.39, 0.29) is 23.0 Å². The van der Waals surface area contributed by atoms with Crippen LogP contribution in [0.1, 0.15) is 5.56 Å². The number of alkyl halides is 3.